The van der Waals surface area contributed by atoms with Crippen molar-refractivity contribution in [2.24, 2.45) is 0 Å². The number of benzene rings is 6. The van der Waals surface area contributed by atoms with Crippen molar-refractivity contribution in [1.82, 2.24) is 0 Å². The average molecular weight is 523 g/mol. The molecule has 0 fully saturated rings. The predicted molar refractivity (Wildman–Crippen MR) is 153 cm³/mol. The molecule has 1 aliphatic heterocycles. The van der Waals surface area contributed by atoms with E-state index in [1.807, 2.05) is 30.3 Å². The van der Waals surface area contributed by atoms with Gasteiger partial charge in [-0.1, -0.05) is 72.8 Å². The molecule has 184 valence electrons. The lowest BCUT2D eigenvalue weighted by molar-refractivity contribution is 0.443. The molecule has 0 unspecified atom stereocenters. The Hall–Kier alpha value is -4.87. The smallest absolute Gasteiger partial charge is 0.213 e. The molecule has 9 rings (SSSR count). The predicted octanol–water partition coefficient (Wildman–Crippen LogP) is 8.99. The molecule has 7 aromatic rings. The van der Waals surface area contributed by atoms with E-state index in [0.29, 0.717) is 11.5 Å². The number of para-hydroxylation sites is 2. The minimum atomic E-state index is -3.70. The molecule has 1 aliphatic carbocycles. The summed E-state index contributed by atoms with van der Waals surface area (Å²) in [5.41, 5.74) is 8.07. The Bertz CT molecular complexity index is 2320. The standard InChI is InChI=1S/C34H18O4S/c35-39(36)29-14-4-3-13-26(29)38-27-17-20(15-16-30(27)39)32-33-23-11-6-8-19-7-5-10-21(31(19)23)24(33)18-28-34(32)22-9-1-2-12-25(22)37-28/h1-18H. The van der Waals surface area contributed by atoms with Crippen LogP contribution in [0, 0.1) is 0 Å². The first-order valence-corrected chi connectivity index (χ1v) is 14.2. The van der Waals surface area contributed by atoms with Crippen LogP contribution in [0.15, 0.2) is 123 Å². The summed E-state index contributed by atoms with van der Waals surface area (Å²) in [5, 5.41) is 4.43. The number of hydrogen-bond acceptors (Lipinski definition) is 4. The Balaban J connectivity index is 1.42. The highest BCUT2D eigenvalue weighted by Gasteiger charge is 2.33. The van der Waals surface area contributed by atoms with E-state index in [4.69, 9.17) is 9.15 Å². The van der Waals surface area contributed by atoms with Crippen LogP contribution in [0.2, 0.25) is 0 Å². The van der Waals surface area contributed by atoms with E-state index in [0.717, 1.165) is 49.8 Å². The van der Waals surface area contributed by atoms with Gasteiger partial charge in [0.25, 0.3) is 0 Å². The van der Waals surface area contributed by atoms with Crippen LogP contribution >= 0.6 is 0 Å². The maximum atomic E-state index is 13.5. The van der Waals surface area contributed by atoms with Gasteiger partial charge in [-0.05, 0) is 75.0 Å². The molecule has 39 heavy (non-hydrogen) atoms. The fourth-order valence-corrected chi connectivity index (χ4v) is 7.88. The summed E-state index contributed by atoms with van der Waals surface area (Å²) < 4.78 is 39.5. The Labute approximate surface area is 223 Å². The highest BCUT2D eigenvalue weighted by molar-refractivity contribution is 7.91. The Morgan fingerprint density at radius 1 is 0.538 bits per heavy atom. The van der Waals surface area contributed by atoms with Gasteiger partial charge < -0.3 is 9.15 Å². The normalized spacial score (nSPS) is 14.3. The van der Waals surface area contributed by atoms with E-state index in [9.17, 15) is 8.42 Å². The molecule has 5 heteroatoms. The molecule has 2 heterocycles. The van der Waals surface area contributed by atoms with Gasteiger partial charge in [0.2, 0.25) is 9.84 Å². The minimum Gasteiger partial charge on any atom is -0.456 e. The minimum absolute atomic E-state index is 0.177. The van der Waals surface area contributed by atoms with Crippen LogP contribution < -0.4 is 4.74 Å². The number of hydrogen-bond donors (Lipinski definition) is 0. The molecule has 0 saturated heterocycles. The van der Waals surface area contributed by atoms with Crippen molar-refractivity contribution >= 4 is 42.5 Å². The van der Waals surface area contributed by atoms with E-state index in [-0.39, 0.29) is 9.79 Å². The second-order valence-electron chi connectivity index (χ2n) is 10.1. The molecule has 6 aromatic carbocycles. The summed E-state index contributed by atoms with van der Waals surface area (Å²) >= 11 is 0. The third-order valence-corrected chi connectivity index (χ3v) is 9.84. The number of furan rings is 1. The molecule has 0 atom stereocenters. The summed E-state index contributed by atoms with van der Waals surface area (Å²) in [6.07, 6.45) is 0. The van der Waals surface area contributed by atoms with Gasteiger partial charge in [0.15, 0.2) is 0 Å². The molecule has 4 nitrogen and oxygen atoms in total. The zero-order valence-corrected chi connectivity index (χ0v) is 21.3. The van der Waals surface area contributed by atoms with Crippen LogP contribution in [-0.4, -0.2) is 8.42 Å². The van der Waals surface area contributed by atoms with E-state index < -0.39 is 9.84 Å². The molecule has 0 spiro atoms. The fraction of sp³-hybridized carbons (Fsp3) is 0. The maximum Gasteiger partial charge on any atom is 0.213 e. The van der Waals surface area contributed by atoms with Crippen molar-refractivity contribution < 1.29 is 17.6 Å². The Morgan fingerprint density at radius 2 is 1.31 bits per heavy atom. The van der Waals surface area contributed by atoms with Gasteiger partial charge in [-0.15, -0.1) is 0 Å². The molecular formula is C34H18O4S. The third-order valence-electron chi connectivity index (χ3n) is 8.01. The van der Waals surface area contributed by atoms with Gasteiger partial charge in [-0.3, -0.25) is 0 Å². The second-order valence-corrected chi connectivity index (χ2v) is 12.0. The largest absolute Gasteiger partial charge is 0.456 e. The highest BCUT2D eigenvalue weighted by Crippen LogP contribution is 2.55. The number of sulfone groups is 1. The fourth-order valence-electron chi connectivity index (χ4n) is 6.40. The topological polar surface area (TPSA) is 56.5 Å². The molecule has 0 bridgehead atoms. The van der Waals surface area contributed by atoms with Gasteiger partial charge in [0.05, 0.1) is 0 Å². The Kier molecular flexibility index (Phi) is 3.87. The lowest BCUT2D eigenvalue weighted by atomic mass is 9.89. The third kappa shape index (κ3) is 2.65. The van der Waals surface area contributed by atoms with Gasteiger partial charge >= 0.3 is 0 Å². The van der Waals surface area contributed by atoms with E-state index in [1.54, 1.807) is 30.3 Å². The monoisotopic (exact) mass is 522 g/mol. The molecule has 0 saturated carbocycles. The van der Waals surface area contributed by atoms with E-state index in [2.05, 4.69) is 48.5 Å². The first-order valence-electron chi connectivity index (χ1n) is 12.8. The maximum absolute atomic E-state index is 13.5. The van der Waals surface area contributed by atoms with Crippen LogP contribution in [0.3, 0.4) is 0 Å². The summed E-state index contributed by atoms with van der Waals surface area (Å²) in [6, 6.07) is 35.2. The summed E-state index contributed by atoms with van der Waals surface area (Å²) in [4.78, 5) is 0.368. The zero-order valence-electron chi connectivity index (χ0n) is 20.4. The summed E-state index contributed by atoms with van der Waals surface area (Å²) in [5.74, 6) is 0.676. The van der Waals surface area contributed by atoms with Crippen LogP contribution in [0.4, 0.5) is 0 Å². The van der Waals surface area contributed by atoms with Gasteiger partial charge in [0.1, 0.15) is 32.5 Å². The second kappa shape index (κ2) is 7.16. The first kappa shape index (κ1) is 21.1. The molecular weight excluding hydrogens is 504 g/mol. The lowest BCUT2D eigenvalue weighted by Gasteiger charge is -2.21. The average Bonchev–Trinajstić information content (AvgIpc) is 3.49. The number of ether oxygens (including phenoxy) is 1. The van der Waals surface area contributed by atoms with Crippen LogP contribution in [0.5, 0.6) is 11.5 Å². The molecule has 2 aliphatic rings. The van der Waals surface area contributed by atoms with E-state index in [1.165, 1.54) is 16.3 Å². The van der Waals surface area contributed by atoms with Crippen molar-refractivity contribution in [3.63, 3.8) is 0 Å². The van der Waals surface area contributed by atoms with Gasteiger partial charge in [-0.25, -0.2) is 8.42 Å². The van der Waals surface area contributed by atoms with Crippen molar-refractivity contribution in [1.29, 1.82) is 0 Å². The molecule has 0 amide bonds. The van der Waals surface area contributed by atoms with Crippen LogP contribution in [0.1, 0.15) is 0 Å². The highest BCUT2D eigenvalue weighted by atomic mass is 32.2. The van der Waals surface area contributed by atoms with Crippen molar-refractivity contribution in [2.45, 2.75) is 9.79 Å². The zero-order chi connectivity index (χ0) is 25.9. The molecule has 0 radical (unpaired) electrons. The summed E-state index contributed by atoms with van der Waals surface area (Å²) in [6.45, 7) is 0. The van der Waals surface area contributed by atoms with Crippen molar-refractivity contribution in [2.75, 3.05) is 0 Å². The summed E-state index contributed by atoms with van der Waals surface area (Å²) in [7, 11) is -3.70. The lowest BCUT2D eigenvalue weighted by Crippen LogP contribution is -2.10. The van der Waals surface area contributed by atoms with Crippen molar-refractivity contribution in [3.8, 4) is 44.9 Å². The quantitative estimate of drug-likeness (QED) is 0.216. The molecule has 0 N–H and O–H groups in total. The van der Waals surface area contributed by atoms with Crippen LogP contribution in [0.25, 0.3) is 66.1 Å². The molecule has 1 aromatic heterocycles. The number of rotatable bonds is 1. The van der Waals surface area contributed by atoms with E-state index >= 15 is 0 Å². The van der Waals surface area contributed by atoms with Gasteiger partial charge in [-0.2, -0.15) is 0 Å². The van der Waals surface area contributed by atoms with Gasteiger partial charge in [0, 0.05) is 16.3 Å². The first-order chi connectivity index (χ1) is 19.1. The number of fused-ring (bicyclic) bond motifs is 8. The SMILES string of the molecule is O=S1(=O)c2ccccc2Oc2cc(-c3c4c(cc5oc6ccccc6c35)-c3cccc5cccc-4c35)ccc21. The van der Waals surface area contributed by atoms with Crippen LogP contribution in [-0.2, 0) is 9.84 Å². The van der Waals surface area contributed by atoms with Crippen molar-refractivity contribution in [3.05, 3.63) is 109 Å². The Morgan fingerprint density at radius 3 is 2.21 bits per heavy atom.